The molecule has 1 atom stereocenters. The Hall–Kier alpha value is -2.28. The molecule has 1 aromatic rings. The molecule has 0 radical (unpaired) electrons. The molecule has 1 aliphatic rings. The smallest absolute Gasteiger partial charge is 0.326 e. The van der Waals surface area contributed by atoms with Gasteiger partial charge in [0.15, 0.2) is 0 Å². The fourth-order valence-electron chi connectivity index (χ4n) is 2.19. The Morgan fingerprint density at radius 3 is 2.67 bits per heavy atom. The number of hydrogen-bond donors (Lipinski definition) is 1. The van der Waals surface area contributed by atoms with E-state index in [1.165, 1.54) is 4.90 Å². The van der Waals surface area contributed by atoms with Crippen molar-refractivity contribution in [1.82, 2.24) is 4.90 Å². The van der Waals surface area contributed by atoms with Gasteiger partial charge in [0.05, 0.1) is 6.42 Å². The van der Waals surface area contributed by atoms with E-state index >= 15 is 0 Å². The Morgan fingerprint density at radius 1 is 1.39 bits per heavy atom. The maximum Gasteiger partial charge on any atom is 0.326 e. The van der Waals surface area contributed by atoms with Crippen LogP contribution in [0.4, 0.5) is 0 Å². The molecule has 0 bridgehead atoms. The number of terminal acetylenes is 1. The van der Waals surface area contributed by atoms with Crippen molar-refractivity contribution in [3.8, 4) is 12.3 Å². The Balaban J connectivity index is 2.32. The number of carbonyl (C=O) groups is 2. The molecule has 0 aromatic heterocycles. The quantitative estimate of drug-likeness (QED) is 0.790. The molecule has 1 unspecified atom stereocenters. The molecule has 1 N–H and O–H groups in total. The molecule has 1 heterocycles. The van der Waals surface area contributed by atoms with Crippen LogP contribution in [0.2, 0.25) is 0 Å². The molecule has 0 saturated carbocycles. The summed E-state index contributed by atoms with van der Waals surface area (Å²) in [5.41, 5.74) is 1.97. The van der Waals surface area contributed by atoms with Gasteiger partial charge in [-0.2, -0.15) is 0 Å². The monoisotopic (exact) mass is 243 g/mol. The number of benzene rings is 1. The van der Waals surface area contributed by atoms with Gasteiger partial charge in [-0.05, 0) is 11.1 Å². The summed E-state index contributed by atoms with van der Waals surface area (Å²) in [7, 11) is 0. The molecule has 0 fully saturated rings. The van der Waals surface area contributed by atoms with E-state index in [0.29, 0.717) is 13.0 Å². The van der Waals surface area contributed by atoms with Gasteiger partial charge >= 0.3 is 5.97 Å². The zero-order valence-electron chi connectivity index (χ0n) is 9.80. The van der Waals surface area contributed by atoms with E-state index in [2.05, 4.69) is 5.92 Å². The number of fused-ring (bicyclic) bond motifs is 1. The lowest BCUT2D eigenvalue weighted by Crippen LogP contribution is -2.48. The minimum Gasteiger partial charge on any atom is -0.480 e. The van der Waals surface area contributed by atoms with Crippen molar-refractivity contribution in [2.45, 2.75) is 25.4 Å². The predicted octanol–water partition coefficient (Wildman–Crippen LogP) is 1.05. The van der Waals surface area contributed by atoms with Gasteiger partial charge in [-0.3, -0.25) is 4.79 Å². The van der Waals surface area contributed by atoms with Crippen molar-refractivity contribution in [1.29, 1.82) is 0 Å². The summed E-state index contributed by atoms with van der Waals surface area (Å²) in [6.45, 7) is 0.313. The van der Waals surface area contributed by atoms with Crippen molar-refractivity contribution in [3.05, 3.63) is 35.4 Å². The van der Waals surface area contributed by atoms with Crippen LogP contribution in [0.15, 0.2) is 24.3 Å². The van der Waals surface area contributed by atoms with Crippen LogP contribution in [0.1, 0.15) is 17.5 Å². The van der Waals surface area contributed by atoms with Crippen molar-refractivity contribution in [3.63, 3.8) is 0 Å². The number of carbonyl (C=O) groups excluding carboxylic acids is 1. The Morgan fingerprint density at radius 2 is 2.06 bits per heavy atom. The van der Waals surface area contributed by atoms with Crippen LogP contribution in [0.3, 0.4) is 0 Å². The highest BCUT2D eigenvalue weighted by Gasteiger charge is 2.33. The number of carboxylic acids is 1. The van der Waals surface area contributed by atoms with Crippen LogP contribution in [0, 0.1) is 12.3 Å². The molecule has 0 aliphatic carbocycles. The average molecular weight is 243 g/mol. The largest absolute Gasteiger partial charge is 0.480 e. The van der Waals surface area contributed by atoms with Gasteiger partial charge in [0.1, 0.15) is 6.04 Å². The van der Waals surface area contributed by atoms with Crippen LogP contribution >= 0.6 is 0 Å². The molecule has 18 heavy (non-hydrogen) atoms. The standard InChI is InChI=1S/C14H13NO3/c1-2-5-13(16)15-9-11-7-4-3-6-10(11)8-12(15)14(17)18/h1,3-4,6-7,12H,5,8-9H2,(H,17,18). The summed E-state index contributed by atoms with van der Waals surface area (Å²) >= 11 is 0. The van der Waals surface area contributed by atoms with Crippen LogP contribution in [-0.4, -0.2) is 27.9 Å². The molecule has 1 amide bonds. The van der Waals surface area contributed by atoms with Crippen molar-refractivity contribution < 1.29 is 14.7 Å². The molecule has 92 valence electrons. The first-order valence-corrected chi connectivity index (χ1v) is 5.66. The lowest BCUT2D eigenvalue weighted by Gasteiger charge is -2.34. The molecular formula is C14H13NO3. The predicted molar refractivity (Wildman–Crippen MR) is 65.6 cm³/mol. The van der Waals surface area contributed by atoms with Crippen molar-refractivity contribution >= 4 is 11.9 Å². The van der Waals surface area contributed by atoms with Crippen LogP contribution in [0.5, 0.6) is 0 Å². The third kappa shape index (κ3) is 2.21. The van der Waals surface area contributed by atoms with Crippen LogP contribution in [0.25, 0.3) is 0 Å². The first-order valence-electron chi connectivity index (χ1n) is 5.66. The fraction of sp³-hybridized carbons (Fsp3) is 0.286. The molecule has 4 heteroatoms. The summed E-state index contributed by atoms with van der Waals surface area (Å²) in [5.74, 6) is 0.967. The Kier molecular flexibility index (Phi) is 3.33. The number of hydrogen-bond acceptors (Lipinski definition) is 2. The van der Waals surface area contributed by atoms with Gasteiger partial charge < -0.3 is 10.0 Å². The molecule has 0 saturated heterocycles. The summed E-state index contributed by atoms with van der Waals surface area (Å²) in [6, 6.07) is 6.74. The second-order valence-corrected chi connectivity index (χ2v) is 4.23. The summed E-state index contributed by atoms with van der Waals surface area (Å²) in [4.78, 5) is 24.4. The van der Waals surface area contributed by atoms with Gasteiger partial charge in [0, 0.05) is 13.0 Å². The summed E-state index contributed by atoms with van der Waals surface area (Å²) < 4.78 is 0. The topological polar surface area (TPSA) is 57.6 Å². The number of nitrogens with zero attached hydrogens (tertiary/aromatic N) is 1. The normalized spacial score (nSPS) is 17.7. The third-order valence-electron chi connectivity index (χ3n) is 3.11. The molecular weight excluding hydrogens is 230 g/mol. The minimum atomic E-state index is -0.991. The highest BCUT2D eigenvalue weighted by atomic mass is 16.4. The fourth-order valence-corrected chi connectivity index (χ4v) is 2.19. The summed E-state index contributed by atoms with van der Waals surface area (Å²) in [6.07, 6.45) is 5.38. The summed E-state index contributed by atoms with van der Waals surface area (Å²) in [5, 5.41) is 9.21. The van der Waals surface area contributed by atoms with Crippen molar-refractivity contribution in [2.75, 3.05) is 0 Å². The lowest BCUT2D eigenvalue weighted by molar-refractivity contribution is -0.151. The minimum absolute atomic E-state index is 0.0635. The lowest BCUT2D eigenvalue weighted by atomic mass is 9.94. The number of rotatable bonds is 2. The molecule has 0 spiro atoms. The van der Waals surface area contributed by atoms with Gasteiger partial charge in [0.2, 0.25) is 5.91 Å². The van der Waals surface area contributed by atoms with Gasteiger partial charge in [0.25, 0.3) is 0 Å². The van der Waals surface area contributed by atoms with Crippen LogP contribution in [-0.2, 0) is 22.6 Å². The van der Waals surface area contributed by atoms with E-state index < -0.39 is 12.0 Å². The van der Waals surface area contributed by atoms with Gasteiger partial charge in [-0.1, -0.05) is 30.2 Å². The first-order chi connectivity index (χ1) is 8.63. The Labute approximate surface area is 105 Å². The van der Waals surface area contributed by atoms with E-state index in [0.717, 1.165) is 11.1 Å². The third-order valence-corrected chi connectivity index (χ3v) is 3.11. The molecule has 1 aromatic carbocycles. The molecule has 4 nitrogen and oxygen atoms in total. The van der Waals surface area contributed by atoms with E-state index in [9.17, 15) is 14.7 Å². The zero-order valence-corrected chi connectivity index (χ0v) is 9.80. The molecule has 1 aliphatic heterocycles. The van der Waals surface area contributed by atoms with Crippen LogP contribution < -0.4 is 0 Å². The number of amides is 1. The second-order valence-electron chi connectivity index (χ2n) is 4.23. The maximum absolute atomic E-state index is 11.8. The zero-order chi connectivity index (χ0) is 13.1. The molecule has 2 rings (SSSR count). The van der Waals surface area contributed by atoms with E-state index in [-0.39, 0.29) is 12.3 Å². The number of carboxylic acid groups (broad SMARTS) is 1. The van der Waals surface area contributed by atoms with Gasteiger partial charge in [-0.25, -0.2) is 4.79 Å². The highest BCUT2D eigenvalue weighted by molar-refractivity contribution is 5.85. The number of aliphatic carboxylic acids is 1. The highest BCUT2D eigenvalue weighted by Crippen LogP contribution is 2.23. The van der Waals surface area contributed by atoms with Gasteiger partial charge in [-0.15, -0.1) is 6.42 Å². The SMILES string of the molecule is C#CCC(=O)N1Cc2ccccc2CC1C(=O)O. The van der Waals surface area contributed by atoms with E-state index in [4.69, 9.17) is 6.42 Å². The average Bonchev–Trinajstić information content (AvgIpc) is 2.37. The second kappa shape index (κ2) is 4.92. The first kappa shape index (κ1) is 12.2. The van der Waals surface area contributed by atoms with Crippen molar-refractivity contribution in [2.24, 2.45) is 0 Å². The Bertz CT molecular complexity index is 530. The van der Waals surface area contributed by atoms with E-state index in [1.807, 2.05) is 24.3 Å². The van der Waals surface area contributed by atoms with E-state index in [1.54, 1.807) is 0 Å². The maximum atomic E-state index is 11.8.